The van der Waals surface area contributed by atoms with E-state index in [-0.39, 0.29) is 0 Å². The van der Waals surface area contributed by atoms with Crippen molar-refractivity contribution in [3.05, 3.63) is 41.7 Å². The van der Waals surface area contributed by atoms with Gasteiger partial charge < -0.3 is 5.73 Å². The lowest BCUT2D eigenvalue weighted by molar-refractivity contribution is 0.751. The zero-order chi connectivity index (χ0) is 10.7. The van der Waals surface area contributed by atoms with Gasteiger partial charge in [0.1, 0.15) is 0 Å². The molecule has 2 N–H and O–H groups in total. The number of nitrogens with two attached hydrogens (primary N) is 1. The van der Waals surface area contributed by atoms with Gasteiger partial charge in [0.15, 0.2) is 0 Å². The molecule has 1 heterocycles. The first-order valence-electron chi connectivity index (χ1n) is 4.41. The molecule has 0 unspecified atom stereocenters. The third-order valence-corrected chi connectivity index (χ3v) is 3.19. The Bertz CT molecular complexity index is 442. The Labute approximate surface area is 97.2 Å². The van der Waals surface area contributed by atoms with E-state index in [0.29, 0.717) is 10.7 Å². The summed E-state index contributed by atoms with van der Waals surface area (Å²) in [5.41, 5.74) is 6.53. The van der Waals surface area contributed by atoms with Crippen LogP contribution in [0.1, 0.15) is 0 Å². The van der Waals surface area contributed by atoms with Crippen molar-refractivity contribution in [2.24, 2.45) is 0 Å². The molecule has 15 heavy (non-hydrogen) atoms. The molecule has 2 aromatic rings. The maximum Gasteiger partial charge on any atom is 0.0910 e. The second-order valence-electron chi connectivity index (χ2n) is 3.00. The van der Waals surface area contributed by atoms with Gasteiger partial charge in [-0.3, -0.25) is 4.68 Å². The highest BCUT2D eigenvalue weighted by atomic mass is 35.5. The molecule has 0 saturated carbocycles. The largest absolute Gasteiger partial charge is 0.398 e. The zero-order valence-corrected chi connectivity index (χ0v) is 9.50. The van der Waals surface area contributed by atoms with Crippen LogP contribution in [0.25, 0.3) is 0 Å². The summed E-state index contributed by atoms with van der Waals surface area (Å²) in [6, 6.07) is 7.41. The summed E-state index contributed by atoms with van der Waals surface area (Å²) >= 11 is 7.44. The summed E-state index contributed by atoms with van der Waals surface area (Å²) in [5, 5.41) is 4.77. The van der Waals surface area contributed by atoms with Crippen LogP contribution in [-0.4, -0.2) is 9.78 Å². The van der Waals surface area contributed by atoms with Crippen molar-refractivity contribution in [3.63, 3.8) is 0 Å². The molecule has 0 amide bonds. The third kappa shape index (κ3) is 2.67. The van der Waals surface area contributed by atoms with E-state index in [1.165, 1.54) is 0 Å². The number of benzene rings is 1. The Kier molecular flexibility index (Phi) is 3.18. The molecule has 0 bridgehead atoms. The molecule has 0 atom stereocenters. The molecule has 0 fully saturated rings. The first-order chi connectivity index (χ1) is 7.25. The molecule has 0 aliphatic carbocycles. The lowest BCUT2D eigenvalue weighted by Crippen LogP contribution is -1.95. The second kappa shape index (κ2) is 4.59. The quantitative estimate of drug-likeness (QED) is 0.662. The summed E-state index contributed by atoms with van der Waals surface area (Å²) in [4.78, 5) is 1.02. The van der Waals surface area contributed by atoms with Crippen LogP contribution in [0.4, 0.5) is 5.69 Å². The fourth-order valence-corrected chi connectivity index (χ4v) is 2.16. The number of nitrogens with zero attached hydrogens (tertiary/aromatic N) is 2. The molecular weight excluding hydrogens is 230 g/mol. The van der Waals surface area contributed by atoms with E-state index in [0.717, 1.165) is 10.8 Å². The van der Waals surface area contributed by atoms with Crippen molar-refractivity contribution in [2.45, 2.75) is 10.8 Å². The van der Waals surface area contributed by atoms with E-state index in [4.69, 9.17) is 17.3 Å². The second-order valence-corrected chi connectivity index (χ2v) is 4.42. The lowest BCUT2D eigenvalue weighted by Gasteiger charge is -2.05. The number of thioether (sulfide) groups is 1. The van der Waals surface area contributed by atoms with Gasteiger partial charge in [-0.05, 0) is 24.3 Å². The predicted octanol–water partition coefficient (Wildman–Crippen LogP) is 2.87. The highest BCUT2D eigenvalue weighted by Crippen LogP contribution is 2.28. The molecule has 0 aliphatic heterocycles. The van der Waals surface area contributed by atoms with Crippen LogP contribution < -0.4 is 5.73 Å². The SMILES string of the molecule is Nc1cc(Cl)ccc1SCn1cccn1. The minimum atomic E-state index is 0.663. The van der Waals surface area contributed by atoms with E-state index in [1.54, 1.807) is 24.0 Å². The molecule has 3 nitrogen and oxygen atoms in total. The van der Waals surface area contributed by atoms with Gasteiger partial charge >= 0.3 is 0 Å². The predicted molar refractivity (Wildman–Crippen MR) is 63.9 cm³/mol. The molecule has 2 rings (SSSR count). The van der Waals surface area contributed by atoms with E-state index < -0.39 is 0 Å². The van der Waals surface area contributed by atoms with Gasteiger partial charge in [0, 0.05) is 28.0 Å². The third-order valence-electron chi connectivity index (χ3n) is 1.88. The first kappa shape index (κ1) is 10.4. The monoisotopic (exact) mass is 239 g/mol. The van der Waals surface area contributed by atoms with Crippen molar-refractivity contribution < 1.29 is 0 Å². The van der Waals surface area contributed by atoms with Crippen LogP contribution in [0.15, 0.2) is 41.6 Å². The van der Waals surface area contributed by atoms with Gasteiger partial charge in [-0.1, -0.05) is 11.6 Å². The molecule has 0 spiro atoms. The summed E-state index contributed by atoms with van der Waals surface area (Å²) in [5.74, 6) is 0.749. The fourth-order valence-electron chi connectivity index (χ4n) is 1.16. The Morgan fingerprint density at radius 1 is 1.47 bits per heavy atom. The molecule has 0 saturated heterocycles. The van der Waals surface area contributed by atoms with E-state index in [9.17, 15) is 0 Å². The van der Waals surface area contributed by atoms with E-state index in [2.05, 4.69) is 5.10 Å². The van der Waals surface area contributed by atoms with Gasteiger partial charge in [0.2, 0.25) is 0 Å². The summed E-state index contributed by atoms with van der Waals surface area (Å²) in [6.45, 7) is 0. The Balaban J connectivity index is 2.05. The van der Waals surface area contributed by atoms with Gasteiger partial charge in [-0.25, -0.2) is 0 Å². The first-order valence-corrected chi connectivity index (χ1v) is 5.77. The maximum atomic E-state index is 5.83. The van der Waals surface area contributed by atoms with Crippen LogP contribution in [-0.2, 0) is 5.88 Å². The van der Waals surface area contributed by atoms with Crippen molar-refractivity contribution in [2.75, 3.05) is 5.73 Å². The normalized spacial score (nSPS) is 10.5. The van der Waals surface area contributed by atoms with Crippen molar-refractivity contribution in [3.8, 4) is 0 Å². The molecule has 78 valence electrons. The van der Waals surface area contributed by atoms with Gasteiger partial charge in [-0.2, -0.15) is 5.10 Å². The Hall–Kier alpha value is -1.13. The van der Waals surface area contributed by atoms with Gasteiger partial charge in [0.25, 0.3) is 0 Å². The minimum Gasteiger partial charge on any atom is -0.398 e. The lowest BCUT2D eigenvalue weighted by atomic mass is 10.3. The van der Waals surface area contributed by atoms with Crippen LogP contribution in [0.2, 0.25) is 5.02 Å². The smallest absolute Gasteiger partial charge is 0.0910 e. The van der Waals surface area contributed by atoms with Crippen molar-refractivity contribution >= 4 is 29.1 Å². The molecule has 0 aliphatic rings. The highest BCUT2D eigenvalue weighted by molar-refractivity contribution is 7.98. The fraction of sp³-hybridized carbons (Fsp3) is 0.100. The average molecular weight is 240 g/mol. The summed E-state index contributed by atoms with van der Waals surface area (Å²) in [6.07, 6.45) is 3.67. The standard InChI is InChI=1S/C10H10ClN3S/c11-8-2-3-10(9(12)6-8)15-7-14-5-1-4-13-14/h1-6H,7,12H2. The zero-order valence-electron chi connectivity index (χ0n) is 7.93. The number of hydrogen-bond donors (Lipinski definition) is 1. The Morgan fingerprint density at radius 2 is 2.33 bits per heavy atom. The number of rotatable bonds is 3. The topological polar surface area (TPSA) is 43.8 Å². The van der Waals surface area contributed by atoms with E-state index in [1.807, 2.05) is 29.1 Å². The number of aromatic nitrogens is 2. The molecule has 1 aromatic heterocycles. The van der Waals surface area contributed by atoms with Crippen LogP contribution in [0.5, 0.6) is 0 Å². The number of halogens is 1. The highest BCUT2D eigenvalue weighted by Gasteiger charge is 2.01. The number of hydrogen-bond acceptors (Lipinski definition) is 3. The van der Waals surface area contributed by atoms with Crippen LogP contribution in [0, 0.1) is 0 Å². The molecular formula is C10H10ClN3S. The van der Waals surface area contributed by atoms with Crippen LogP contribution in [0.3, 0.4) is 0 Å². The molecule has 5 heteroatoms. The number of anilines is 1. The number of nitrogen functional groups attached to an aromatic ring is 1. The average Bonchev–Trinajstić information content (AvgIpc) is 2.69. The molecule has 1 aromatic carbocycles. The van der Waals surface area contributed by atoms with E-state index >= 15 is 0 Å². The van der Waals surface area contributed by atoms with Gasteiger partial charge in [0.05, 0.1) is 5.88 Å². The Morgan fingerprint density at radius 3 is 3.00 bits per heavy atom. The molecule has 0 radical (unpaired) electrons. The van der Waals surface area contributed by atoms with Gasteiger partial charge in [-0.15, -0.1) is 11.8 Å². The van der Waals surface area contributed by atoms with Crippen LogP contribution >= 0.6 is 23.4 Å². The summed E-state index contributed by atoms with van der Waals surface area (Å²) < 4.78 is 1.85. The minimum absolute atomic E-state index is 0.663. The van der Waals surface area contributed by atoms with Crippen molar-refractivity contribution in [1.29, 1.82) is 0 Å². The van der Waals surface area contributed by atoms with Crippen molar-refractivity contribution in [1.82, 2.24) is 9.78 Å². The summed E-state index contributed by atoms with van der Waals surface area (Å²) in [7, 11) is 0. The maximum absolute atomic E-state index is 5.83.